The lowest BCUT2D eigenvalue weighted by Crippen LogP contribution is -2.42. The van der Waals surface area contributed by atoms with Gasteiger partial charge in [-0.1, -0.05) is 54.6 Å². The molecular weight excluding hydrogens is 390 g/mol. The zero-order valence-electron chi connectivity index (χ0n) is 17.4. The second-order valence-electron chi connectivity index (χ2n) is 8.06. The van der Waals surface area contributed by atoms with Gasteiger partial charge < -0.3 is 14.7 Å². The first kappa shape index (κ1) is 20.9. The van der Waals surface area contributed by atoms with Gasteiger partial charge in [0, 0.05) is 25.1 Å². The Balaban J connectivity index is 1.44. The molecule has 0 radical (unpaired) electrons. The Kier molecular flexibility index (Phi) is 6.51. The van der Waals surface area contributed by atoms with Gasteiger partial charge in [0.15, 0.2) is 0 Å². The maximum Gasteiger partial charge on any atom is 0.303 e. The van der Waals surface area contributed by atoms with Crippen LogP contribution in [0.4, 0.5) is 0 Å². The topological polar surface area (TPSA) is 66.8 Å². The van der Waals surface area contributed by atoms with Crippen molar-refractivity contribution >= 4 is 22.6 Å². The first-order valence-electron chi connectivity index (χ1n) is 10.8. The van der Waals surface area contributed by atoms with Crippen molar-refractivity contribution in [3.05, 3.63) is 78.4 Å². The van der Waals surface area contributed by atoms with Crippen molar-refractivity contribution in [2.45, 2.75) is 31.8 Å². The summed E-state index contributed by atoms with van der Waals surface area (Å²) in [6.45, 7) is 1.29. The Labute approximate surface area is 182 Å². The Bertz CT molecular complexity index is 1040. The SMILES string of the molecule is O=C(O)CCC(Oc1ccccc1)C1CCN(C(=O)c2cccc3ccccc23)CC1. The predicted octanol–water partition coefficient (Wildman–Crippen LogP) is 5.00. The number of amides is 1. The van der Waals surface area contributed by atoms with E-state index in [0.717, 1.165) is 34.9 Å². The summed E-state index contributed by atoms with van der Waals surface area (Å²) in [6.07, 6.45) is 1.97. The van der Waals surface area contributed by atoms with Crippen molar-refractivity contribution in [3.63, 3.8) is 0 Å². The van der Waals surface area contributed by atoms with Crippen LogP contribution < -0.4 is 4.74 Å². The van der Waals surface area contributed by atoms with Gasteiger partial charge in [-0.25, -0.2) is 0 Å². The van der Waals surface area contributed by atoms with Crippen LogP contribution in [-0.4, -0.2) is 41.1 Å². The van der Waals surface area contributed by atoms with Crippen molar-refractivity contribution in [2.75, 3.05) is 13.1 Å². The third-order valence-electron chi connectivity index (χ3n) is 6.05. The van der Waals surface area contributed by atoms with Crippen LogP contribution in [0.1, 0.15) is 36.0 Å². The number of ether oxygens (including phenoxy) is 1. The molecule has 0 aliphatic carbocycles. The fourth-order valence-electron chi connectivity index (χ4n) is 4.39. The number of carboxylic acids is 1. The fraction of sp³-hybridized carbons (Fsp3) is 0.308. The van der Waals surface area contributed by atoms with E-state index in [-0.39, 0.29) is 24.3 Å². The molecule has 1 saturated heterocycles. The average molecular weight is 418 g/mol. The summed E-state index contributed by atoms with van der Waals surface area (Å²) in [6, 6.07) is 23.3. The molecule has 160 valence electrons. The van der Waals surface area contributed by atoms with Gasteiger partial charge in [0.2, 0.25) is 0 Å². The van der Waals surface area contributed by atoms with Crippen molar-refractivity contribution in [2.24, 2.45) is 5.92 Å². The van der Waals surface area contributed by atoms with Crippen LogP contribution in [0.3, 0.4) is 0 Å². The number of hydrogen-bond donors (Lipinski definition) is 1. The minimum absolute atomic E-state index is 0.0568. The number of benzene rings is 3. The molecule has 1 N–H and O–H groups in total. The van der Waals surface area contributed by atoms with E-state index in [0.29, 0.717) is 19.5 Å². The minimum atomic E-state index is -0.815. The van der Waals surface area contributed by atoms with E-state index in [1.807, 2.05) is 77.7 Å². The Morgan fingerprint density at radius 3 is 2.35 bits per heavy atom. The number of nitrogens with zero attached hydrogens (tertiary/aromatic N) is 1. The van der Waals surface area contributed by atoms with E-state index in [4.69, 9.17) is 9.84 Å². The lowest BCUT2D eigenvalue weighted by Gasteiger charge is -2.36. The van der Waals surface area contributed by atoms with E-state index in [1.165, 1.54) is 0 Å². The van der Waals surface area contributed by atoms with Crippen LogP contribution in [0.25, 0.3) is 10.8 Å². The summed E-state index contributed by atoms with van der Waals surface area (Å²) in [7, 11) is 0. The summed E-state index contributed by atoms with van der Waals surface area (Å²) in [5.74, 6) is 0.217. The molecule has 3 aromatic carbocycles. The van der Waals surface area contributed by atoms with Crippen molar-refractivity contribution in [1.82, 2.24) is 4.90 Å². The van der Waals surface area contributed by atoms with E-state index >= 15 is 0 Å². The molecule has 5 heteroatoms. The second kappa shape index (κ2) is 9.65. The molecule has 1 aliphatic heterocycles. The standard InChI is InChI=1S/C26H27NO4/c28-25(29)14-13-24(31-21-9-2-1-3-10-21)20-15-17-27(18-16-20)26(30)23-12-6-8-19-7-4-5-11-22(19)23/h1-12,20,24H,13-18H2,(H,28,29). The first-order chi connectivity index (χ1) is 15.1. The predicted molar refractivity (Wildman–Crippen MR) is 120 cm³/mol. The van der Waals surface area contributed by atoms with Gasteiger partial charge >= 0.3 is 5.97 Å². The summed E-state index contributed by atoms with van der Waals surface area (Å²) < 4.78 is 6.18. The van der Waals surface area contributed by atoms with Crippen LogP contribution >= 0.6 is 0 Å². The number of rotatable bonds is 7. The van der Waals surface area contributed by atoms with Crippen molar-refractivity contribution in [1.29, 1.82) is 0 Å². The molecular formula is C26H27NO4. The number of piperidine rings is 1. The summed E-state index contributed by atoms with van der Waals surface area (Å²) >= 11 is 0. The van der Waals surface area contributed by atoms with Gasteiger partial charge in [-0.3, -0.25) is 9.59 Å². The van der Waals surface area contributed by atoms with Crippen LogP contribution in [0, 0.1) is 5.92 Å². The van der Waals surface area contributed by atoms with Crippen molar-refractivity contribution in [3.8, 4) is 5.75 Å². The molecule has 3 aromatic rings. The highest BCUT2D eigenvalue weighted by atomic mass is 16.5. The maximum atomic E-state index is 13.2. The van der Waals surface area contributed by atoms with E-state index in [2.05, 4.69) is 0 Å². The molecule has 1 fully saturated rings. The molecule has 31 heavy (non-hydrogen) atoms. The summed E-state index contributed by atoms with van der Waals surface area (Å²) in [4.78, 5) is 26.3. The number of carbonyl (C=O) groups excluding carboxylic acids is 1. The normalized spacial score (nSPS) is 15.5. The van der Waals surface area contributed by atoms with Crippen LogP contribution in [0.2, 0.25) is 0 Å². The highest BCUT2D eigenvalue weighted by Crippen LogP contribution is 2.29. The number of hydrogen-bond acceptors (Lipinski definition) is 3. The van der Waals surface area contributed by atoms with Gasteiger partial charge in [-0.05, 0) is 54.2 Å². The average Bonchev–Trinajstić information content (AvgIpc) is 2.81. The number of carbonyl (C=O) groups is 2. The number of aliphatic carboxylic acids is 1. The van der Waals surface area contributed by atoms with Crippen molar-refractivity contribution < 1.29 is 19.4 Å². The molecule has 0 spiro atoms. The lowest BCUT2D eigenvalue weighted by atomic mass is 9.88. The lowest BCUT2D eigenvalue weighted by molar-refractivity contribution is -0.137. The van der Waals surface area contributed by atoms with Crippen LogP contribution in [0.15, 0.2) is 72.8 Å². The first-order valence-corrected chi connectivity index (χ1v) is 10.8. The monoisotopic (exact) mass is 417 g/mol. The smallest absolute Gasteiger partial charge is 0.303 e. The molecule has 0 saturated carbocycles. The Morgan fingerprint density at radius 1 is 0.935 bits per heavy atom. The third-order valence-corrected chi connectivity index (χ3v) is 6.05. The molecule has 1 atom stereocenters. The van der Waals surface area contributed by atoms with Gasteiger partial charge in [0.05, 0.1) is 0 Å². The van der Waals surface area contributed by atoms with E-state index < -0.39 is 5.97 Å². The third kappa shape index (κ3) is 5.05. The Morgan fingerprint density at radius 2 is 1.61 bits per heavy atom. The number of likely N-dealkylation sites (tertiary alicyclic amines) is 1. The van der Waals surface area contributed by atoms with Crippen LogP contribution in [-0.2, 0) is 4.79 Å². The zero-order valence-corrected chi connectivity index (χ0v) is 17.4. The zero-order chi connectivity index (χ0) is 21.6. The largest absolute Gasteiger partial charge is 0.490 e. The number of carboxylic acid groups (broad SMARTS) is 1. The van der Waals surface area contributed by atoms with E-state index in [9.17, 15) is 9.59 Å². The quantitative estimate of drug-likeness (QED) is 0.587. The molecule has 0 bridgehead atoms. The molecule has 1 amide bonds. The summed E-state index contributed by atoms with van der Waals surface area (Å²) in [5.41, 5.74) is 0.736. The Hall–Kier alpha value is -3.34. The molecule has 4 rings (SSSR count). The molecule has 1 aliphatic rings. The molecule has 1 unspecified atom stereocenters. The minimum Gasteiger partial charge on any atom is -0.490 e. The maximum absolute atomic E-state index is 13.2. The van der Waals surface area contributed by atoms with E-state index in [1.54, 1.807) is 0 Å². The van der Waals surface area contributed by atoms with Crippen LogP contribution in [0.5, 0.6) is 5.75 Å². The molecule has 0 aromatic heterocycles. The highest BCUT2D eigenvalue weighted by Gasteiger charge is 2.31. The molecule has 5 nitrogen and oxygen atoms in total. The van der Waals surface area contributed by atoms with Gasteiger partial charge in [-0.15, -0.1) is 0 Å². The number of fused-ring (bicyclic) bond motifs is 1. The molecule has 1 heterocycles. The number of para-hydroxylation sites is 1. The fourth-order valence-corrected chi connectivity index (χ4v) is 4.39. The van der Waals surface area contributed by atoms with Gasteiger partial charge in [0.25, 0.3) is 5.91 Å². The second-order valence-corrected chi connectivity index (χ2v) is 8.06. The van der Waals surface area contributed by atoms with Gasteiger partial charge in [-0.2, -0.15) is 0 Å². The summed E-state index contributed by atoms with van der Waals surface area (Å²) in [5, 5.41) is 11.2. The highest BCUT2D eigenvalue weighted by molar-refractivity contribution is 6.07. The van der Waals surface area contributed by atoms with Gasteiger partial charge in [0.1, 0.15) is 11.9 Å².